The third kappa shape index (κ3) is 5.68. The standard InChI is InChI=1S/C23H27N3O6/c27-13-21-18(26-23(29)25-16-6-9-19-20(10-16)31-14-30-19)8-7-17(32-21)11-22(28)24-12-15-4-2-1-3-5-15/h1-6,9-10,17-18,21,27H,7-8,11-14H2,(H,24,28)(H2,25,26,29)/t17-,18+,21-/m1/s1. The van der Waals surface area contributed by atoms with Crippen molar-refractivity contribution in [3.8, 4) is 11.5 Å². The van der Waals surface area contributed by atoms with E-state index in [-0.39, 0.29) is 37.9 Å². The lowest BCUT2D eigenvalue weighted by Crippen LogP contribution is -2.52. The molecule has 2 aliphatic heterocycles. The Morgan fingerprint density at radius 3 is 2.66 bits per heavy atom. The Hall–Kier alpha value is -3.30. The number of amides is 3. The van der Waals surface area contributed by atoms with Gasteiger partial charge in [-0.2, -0.15) is 0 Å². The average Bonchev–Trinajstić information content (AvgIpc) is 3.27. The molecule has 0 radical (unpaired) electrons. The zero-order chi connectivity index (χ0) is 22.3. The first-order chi connectivity index (χ1) is 15.6. The molecule has 3 amide bonds. The molecule has 9 nitrogen and oxygen atoms in total. The van der Waals surface area contributed by atoms with E-state index in [0.29, 0.717) is 36.6 Å². The quantitative estimate of drug-likeness (QED) is 0.523. The molecule has 9 heteroatoms. The molecule has 3 atom stereocenters. The SMILES string of the molecule is O=C(C[C@H]1CC[C@H](NC(=O)Nc2ccc3c(c2)OCO3)[C@@H](CO)O1)NCc1ccccc1. The van der Waals surface area contributed by atoms with E-state index < -0.39 is 12.1 Å². The monoisotopic (exact) mass is 441 g/mol. The number of carbonyl (C=O) groups is 2. The molecular weight excluding hydrogens is 414 g/mol. The van der Waals surface area contributed by atoms with Crippen LogP contribution >= 0.6 is 0 Å². The van der Waals surface area contributed by atoms with Crippen LogP contribution in [0.4, 0.5) is 10.5 Å². The Bertz CT molecular complexity index is 939. The maximum atomic E-state index is 12.4. The molecule has 4 N–H and O–H groups in total. The summed E-state index contributed by atoms with van der Waals surface area (Å²) in [6.45, 7) is 0.366. The summed E-state index contributed by atoms with van der Waals surface area (Å²) in [5.74, 6) is 1.10. The number of rotatable bonds is 7. The van der Waals surface area contributed by atoms with Gasteiger partial charge < -0.3 is 35.3 Å². The Kier molecular flexibility index (Phi) is 7.08. The molecule has 0 aromatic heterocycles. The lowest BCUT2D eigenvalue weighted by molar-refractivity contribution is -0.130. The van der Waals surface area contributed by atoms with Crippen LogP contribution < -0.4 is 25.4 Å². The normalized spacial score (nSPS) is 21.6. The molecule has 170 valence electrons. The van der Waals surface area contributed by atoms with Gasteiger partial charge in [0.25, 0.3) is 0 Å². The van der Waals surface area contributed by atoms with E-state index >= 15 is 0 Å². The zero-order valence-electron chi connectivity index (χ0n) is 17.6. The van der Waals surface area contributed by atoms with Crippen molar-refractivity contribution in [2.24, 2.45) is 0 Å². The van der Waals surface area contributed by atoms with Gasteiger partial charge in [-0.25, -0.2) is 4.79 Å². The highest BCUT2D eigenvalue weighted by Gasteiger charge is 2.33. The molecule has 2 aromatic carbocycles. The van der Waals surface area contributed by atoms with Crippen LogP contribution in [0.1, 0.15) is 24.8 Å². The number of aliphatic hydroxyl groups is 1. The van der Waals surface area contributed by atoms with E-state index in [1.54, 1.807) is 18.2 Å². The molecule has 1 fully saturated rings. The van der Waals surface area contributed by atoms with Crippen molar-refractivity contribution in [3.63, 3.8) is 0 Å². The number of anilines is 1. The number of urea groups is 1. The summed E-state index contributed by atoms with van der Waals surface area (Å²) in [5, 5.41) is 18.2. The van der Waals surface area contributed by atoms with Crippen molar-refractivity contribution >= 4 is 17.6 Å². The maximum Gasteiger partial charge on any atom is 0.319 e. The Morgan fingerprint density at radius 1 is 1.03 bits per heavy atom. The largest absolute Gasteiger partial charge is 0.454 e. The minimum absolute atomic E-state index is 0.109. The van der Waals surface area contributed by atoms with Gasteiger partial charge in [0.05, 0.1) is 25.2 Å². The molecule has 4 rings (SSSR count). The van der Waals surface area contributed by atoms with Crippen LogP contribution in [0.15, 0.2) is 48.5 Å². The molecule has 2 aliphatic rings. The van der Waals surface area contributed by atoms with Crippen molar-refractivity contribution < 1.29 is 28.9 Å². The van der Waals surface area contributed by atoms with E-state index in [2.05, 4.69) is 16.0 Å². The number of hydrogen-bond donors (Lipinski definition) is 4. The van der Waals surface area contributed by atoms with Crippen LogP contribution in [0.2, 0.25) is 0 Å². The maximum absolute atomic E-state index is 12.4. The first-order valence-electron chi connectivity index (χ1n) is 10.6. The van der Waals surface area contributed by atoms with Crippen molar-refractivity contribution in [2.75, 3.05) is 18.7 Å². The number of nitrogens with one attached hydrogen (secondary N) is 3. The molecule has 1 saturated heterocycles. The fraction of sp³-hybridized carbons (Fsp3) is 0.391. The molecule has 2 heterocycles. The van der Waals surface area contributed by atoms with Gasteiger partial charge in [0, 0.05) is 18.3 Å². The van der Waals surface area contributed by atoms with Crippen molar-refractivity contribution in [1.29, 1.82) is 0 Å². The van der Waals surface area contributed by atoms with E-state index in [1.165, 1.54) is 0 Å². The lowest BCUT2D eigenvalue weighted by atomic mass is 9.97. The molecule has 0 unspecified atom stereocenters. The summed E-state index contributed by atoms with van der Waals surface area (Å²) in [6, 6.07) is 14.0. The summed E-state index contributed by atoms with van der Waals surface area (Å²) in [6.07, 6.45) is 0.510. The summed E-state index contributed by atoms with van der Waals surface area (Å²) in [7, 11) is 0. The Balaban J connectivity index is 1.23. The minimum Gasteiger partial charge on any atom is -0.454 e. The number of benzene rings is 2. The smallest absolute Gasteiger partial charge is 0.319 e. The van der Waals surface area contributed by atoms with Gasteiger partial charge >= 0.3 is 6.03 Å². The number of fused-ring (bicyclic) bond motifs is 1. The number of aliphatic hydroxyl groups excluding tert-OH is 1. The third-order valence-electron chi connectivity index (χ3n) is 5.49. The van der Waals surface area contributed by atoms with Gasteiger partial charge in [-0.3, -0.25) is 4.79 Å². The Labute approximate surface area is 186 Å². The molecule has 0 spiro atoms. The summed E-state index contributed by atoms with van der Waals surface area (Å²) in [5.41, 5.74) is 1.59. The van der Waals surface area contributed by atoms with Crippen molar-refractivity contribution in [1.82, 2.24) is 10.6 Å². The fourth-order valence-electron chi connectivity index (χ4n) is 3.83. The van der Waals surface area contributed by atoms with E-state index in [1.807, 2.05) is 30.3 Å². The highest BCUT2D eigenvalue weighted by atomic mass is 16.7. The van der Waals surface area contributed by atoms with Gasteiger partial charge in [-0.05, 0) is 30.5 Å². The van der Waals surface area contributed by atoms with E-state index in [0.717, 1.165) is 5.56 Å². The van der Waals surface area contributed by atoms with Crippen molar-refractivity contribution in [3.05, 3.63) is 54.1 Å². The van der Waals surface area contributed by atoms with Crippen LogP contribution in [0, 0.1) is 0 Å². The summed E-state index contributed by atoms with van der Waals surface area (Å²) in [4.78, 5) is 24.7. The Morgan fingerprint density at radius 2 is 1.84 bits per heavy atom. The average molecular weight is 441 g/mol. The minimum atomic E-state index is -0.585. The zero-order valence-corrected chi connectivity index (χ0v) is 17.6. The lowest BCUT2D eigenvalue weighted by Gasteiger charge is -2.35. The predicted octanol–water partition coefficient (Wildman–Crippen LogP) is 2.15. The second-order valence-corrected chi connectivity index (χ2v) is 7.80. The summed E-state index contributed by atoms with van der Waals surface area (Å²) >= 11 is 0. The number of carbonyl (C=O) groups excluding carboxylic acids is 2. The van der Waals surface area contributed by atoms with E-state index in [4.69, 9.17) is 14.2 Å². The van der Waals surface area contributed by atoms with Crippen molar-refractivity contribution in [2.45, 2.75) is 44.1 Å². The first-order valence-corrected chi connectivity index (χ1v) is 10.6. The molecule has 0 bridgehead atoms. The van der Waals surface area contributed by atoms with Crippen LogP contribution in [0.3, 0.4) is 0 Å². The number of ether oxygens (including phenoxy) is 3. The second-order valence-electron chi connectivity index (χ2n) is 7.80. The predicted molar refractivity (Wildman–Crippen MR) is 116 cm³/mol. The van der Waals surface area contributed by atoms with Gasteiger partial charge in [0.15, 0.2) is 11.5 Å². The highest BCUT2D eigenvalue weighted by molar-refractivity contribution is 5.90. The van der Waals surface area contributed by atoms with Crippen LogP contribution in [0.5, 0.6) is 11.5 Å². The number of hydrogen-bond acceptors (Lipinski definition) is 6. The van der Waals surface area contributed by atoms with E-state index in [9.17, 15) is 14.7 Å². The summed E-state index contributed by atoms with van der Waals surface area (Å²) < 4.78 is 16.5. The van der Waals surface area contributed by atoms with Gasteiger partial charge in [-0.15, -0.1) is 0 Å². The second kappa shape index (κ2) is 10.3. The van der Waals surface area contributed by atoms with Crippen LogP contribution in [-0.4, -0.2) is 48.7 Å². The molecular formula is C23H27N3O6. The highest BCUT2D eigenvalue weighted by Crippen LogP contribution is 2.34. The molecule has 32 heavy (non-hydrogen) atoms. The third-order valence-corrected chi connectivity index (χ3v) is 5.49. The van der Waals surface area contributed by atoms with Crippen LogP contribution in [0.25, 0.3) is 0 Å². The topological polar surface area (TPSA) is 118 Å². The molecule has 0 saturated carbocycles. The fourth-order valence-corrected chi connectivity index (χ4v) is 3.83. The van der Waals surface area contributed by atoms with Crippen LogP contribution in [-0.2, 0) is 16.1 Å². The molecule has 2 aromatic rings. The van der Waals surface area contributed by atoms with Gasteiger partial charge in [-0.1, -0.05) is 30.3 Å². The first kappa shape index (κ1) is 21.9. The van der Waals surface area contributed by atoms with Gasteiger partial charge in [0.1, 0.15) is 6.10 Å². The molecule has 0 aliphatic carbocycles. The van der Waals surface area contributed by atoms with Gasteiger partial charge in [0.2, 0.25) is 12.7 Å².